The Balaban J connectivity index is 1.61. The fourth-order valence-electron chi connectivity index (χ4n) is 4.80. The van der Waals surface area contributed by atoms with Crippen LogP contribution in [0.1, 0.15) is 42.1 Å². The second-order valence-corrected chi connectivity index (χ2v) is 10.9. The number of methoxy groups -OCH3 is 1. The second-order valence-electron chi connectivity index (χ2n) is 9.49. The molecule has 0 spiro atoms. The van der Waals surface area contributed by atoms with Crippen molar-refractivity contribution >= 4 is 35.0 Å². The lowest BCUT2D eigenvalue weighted by atomic mass is 9.97. The van der Waals surface area contributed by atoms with E-state index in [1.165, 1.54) is 29.2 Å². The van der Waals surface area contributed by atoms with Crippen LogP contribution in [0.3, 0.4) is 0 Å². The van der Waals surface area contributed by atoms with E-state index in [-0.39, 0.29) is 17.7 Å². The summed E-state index contributed by atoms with van der Waals surface area (Å²) in [5.74, 6) is 0.921. The standard InChI is InChI=1S/C33H28ClN3O6S/c1-4-41-27-12-10-20(15-28(27)42-5-2)30-25(32(39)40-3)18-36-33-37(30)31(38)29(44-33)16-23-14-24(34)11-13-26(23)43-19-22-9-7-6-8-21(22)17-35/h6-16,18,30H,4-5,19H2,1-3H3/b29-16+/t30-/m0/s1. The number of rotatable bonds is 10. The van der Waals surface area contributed by atoms with Gasteiger partial charge >= 0.3 is 5.97 Å². The smallest absolute Gasteiger partial charge is 0.337 e. The van der Waals surface area contributed by atoms with Crippen molar-refractivity contribution in [1.82, 2.24) is 4.57 Å². The predicted octanol–water partition coefficient (Wildman–Crippen LogP) is 4.92. The van der Waals surface area contributed by atoms with Crippen molar-refractivity contribution < 1.29 is 23.7 Å². The molecule has 0 amide bonds. The average Bonchev–Trinajstić information content (AvgIpc) is 3.35. The monoisotopic (exact) mass is 629 g/mol. The lowest BCUT2D eigenvalue weighted by Crippen LogP contribution is -2.39. The molecular weight excluding hydrogens is 602 g/mol. The van der Waals surface area contributed by atoms with Crippen LogP contribution in [-0.2, 0) is 16.1 Å². The summed E-state index contributed by atoms with van der Waals surface area (Å²) in [4.78, 5) is 31.8. The third kappa shape index (κ3) is 6.25. The average molecular weight is 630 g/mol. The lowest BCUT2D eigenvalue weighted by molar-refractivity contribution is -0.136. The number of hydrogen-bond acceptors (Lipinski definition) is 9. The molecular formula is C33H28ClN3O6S. The molecule has 5 rings (SSSR count). The number of aromatic nitrogens is 1. The van der Waals surface area contributed by atoms with E-state index in [1.54, 1.807) is 54.6 Å². The van der Waals surface area contributed by atoms with Crippen molar-refractivity contribution in [2.24, 2.45) is 4.99 Å². The number of benzene rings is 3. The maximum atomic E-state index is 14.0. The first-order valence-corrected chi connectivity index (χ1v) is 15.0. The minimum Gasteiger partial charge on any atom is -0.490 e. The number of esters is 1. The van der Waals surface area contributed by atoms with Gasteiger partial charge in [-0.2, -0.15) is 5.26 Å². The van der Waals surface area contributed by atoms with Crippen LogP contribution >= 0.6 is 22.9 Å². The molecule has 1 aliphatic heterocycles. The van der Waals surface area contributed by atoms with E-state index in [0.717, 1.165) is 5.56 Å². The molecule has 0 N–H and O–H groups in total. The van der Waals surface area contributed by atoms with Gasteiger partial charge in [-0.05, 0) is 61.9 Å². The summed E-state index contributed by atoms with van der Waals surface area (Å²) in [6.45, 7) is 4.74. The van der Waals surface area contributed by atoms with Crippen LogP contribution in [0.25, 0.3) is 6.08 Å². The third-order valence-corrected chi connectivity index (χ3v) is 8.02. The van der Waals surface area contributed by atoms with Gasteiger partial charge in [0.15, 0.2) is 16.3 Å². The van der Waals surface area contributed by atoms with E-state index < -0.39 is 12.0 Å². The number of carbonyl (C=O) groups is 1. The minimum absolute atomic E-state index is 0.149. The van der Waals surface area contributed by atoms with E-state index in [4.69, 9.17) is 30.5 Å². The molecule has 0 fully saturated rings. The molecule has 1 atom stereocenters. The van der Waals surface area contributed by atoms with E-state index in [1.807, 2.05) is 26.0 Å². The second kappa shape index (κ2) is 13.6. The number of nitriles is 1. The third-order valence-electron chi connectivity index (χ3n) is 6.79. The Hall–Kier alpha value is -4.85. The number of ether oxygens (including phenoxy) is 4. The van der Waals surface area contributed by atoms with Crippen molar-refractivity contribution in [2.45, 2.75) is 26.5 Å². The van der Waals surface area contributed by atoms with Crippen LogP contribution in [0.2, 0.25) is 5.02 Å². The van der Waals surface area contributed by atoms with Crippen molar-refractivity contribution in [2.75, 3.05) is 20.3 Å². The number of thiazole rings is 1. The number of halogens is 1. The van der Waals surface area contributed by atoms with Crippen LogP contribution in [0.15, 0.2) is 82.2 Å². The molecule has 0 radical (unpaired) electrons. The number of hydrogen-bond donors (Lipinski definition) is 0. The quantitative estimate of drug-likeness (QED) is 0.229. The normalized spacial score (nSPS) is 14.1. The van der Waals surface area contributed by atoms with Crippen LogP contribution < -0.4 is 29.1 Å². The molecule has 4 aromatic rings. The predicted molar refractivity (Wildman–Crippen MR) is 167 cm³/mol. The van der Waals surface area contributed by atoms with Crippen LogP contribution in [0.4, 0.5) is 0 Å². The first-order valence-electron chi connectivity index (χ1n) is 13.8. The Bertz CT molecular complexity index is 1970. The van der Waals surface area contributed by atoms with Gasteiger partial charge in [-0.15, -0.1) is 0 Å². The fraction of sp³-hybridized carbons (Fsp3) is 0.212. The molecule has 3 aromatic carbocycles. The number of nitrogens with zero attached hydrogens (tertiary/aromatic N) is 3. The Kier molecular flexibility index (Phi) is 9.48. The van der Waals surface area contributed by atoms with Crippen LogP contribution in [-0.4, -0.2) is 30.9 Å². The van der Waals surface area contributed by atoms with Crippen molar-refractivity contribution in [3.63, 3.8) is 0 Å². The van der Waals surface area contributed by atoms with Crippen LogP contribution in [0, 0.1) is 11.3 Å². The molecule has 0 saturated carbocycles. The molecule has 1 aliphatic rings. The Labute approximate surface area is 262 Å². The molecule has 9 nitrogen and oxygen atoms in total. The van der Waals surface area contributed by atoms with Crippen molar-refractivity contribution in [1.29, 1.82) is 5.26 Å². The molecule has 0 saturated heterocycles. The topological polar surface area (TPSA) is 112 Å². The lowest BCUT2D eigenvalue weighted by Gasteiger charge is -2.23. The van der Waals surface area contributed by atoms with Gasteiger partial charge < -0.3 is 18.9 Å². The Morgan fingerprint density at radius 2 is 1.80 bits per heavy atom. The summed E-state index contributed by atoms with van der Waals surface area (Å²) in [7, 11) is 1.28. The maximum absolute atomic E-state index is 14.0. The summed E-state index contributed by atoms with van der Waals surface area (Å²) in [6.07, 6.45) is 3.12. The minimum atomic E-state index is -0.826. The SMILES string of the molecule is CCOc1ccc([C@H]2C(C(=O)OC)=CN=c3s/c(=C/c4cc(Cl)ccc4OCc4ccccc4C#N)c(=O)n32)cc1OCC. The summed E-state index contributed by atoms with van der Waals surface area (Å²) in [5, 5.41) is 9.90. The van der Waals surface area contributed by atoms with E-state index in [9.17, 15) is 14.9 Å². The molecule has 0 aliphatic carbocycles. The zero-order valence-corrected chi connectivity index (χ0v) is 25.8. The van der Waals surface area contributed by atoms with Gasteiger partial charge in [0.25, 0.3) is 5.56 Å². The van der Waals surface area contributed by atoms with Crippen molar-refractivity contribution in [3.05, 3.63) is 119 Å². The maximum Gasteiger partial charge on any atom is 0.337 e. The zero-order chi connectivity index (χ0) is 31.2. The molecule has 1 aromatic heterocycles. The van der Waals surface area contributed by atoms with E-state index >= 15 is 0 Å². The molecule has 2 heterocycles. The van der Waals surface area contributed by atoms with Gasteiger partial charge in [0.1, 0.15) is 12.4 Å². The van der Waals surface area contributed by atoms with E-state index in [0.29, 0.717) is 61.5 Å². The van der Waals surface area contributed by atoms with Gasteiger partial charge in [-0.3, -0.25) is 9.36 Å². The summed E-state index contributed by atoms with van der Waals surface area (Å²) < 4.78 is 24.5. The molecule has 0 bridgehead atoms. The summed E-state index contributed by atoms with van der Waals surface area (Å²) >= 11 is 7.51. The largest absolute Gasteiger partial charge is 0.490 e. The highest BCUT2D eigenvalue weighted by Gasteiger charge is 2.31. The highest BCUT2D eigenvalue weighted by Crippen LogP contribution is 2.35. The molecule has 44 heavy (non-hydrogen) atoms. The van der Waals surface area contributed by atoms with Gasteiger partial charge in [-0.1, -0.05) is 47.2 Å². The highest BCUT2D eigenvalue weighted by atomic mass is 35.5. The number of carbonyl (C=O) groups excluding carboxylic acids is 1. The van der Waals surface area contributed by atoms with Gasteiger partial charge in [0.2, 0.25) is 0 Å². The molecule has 0 unspecified atom stereocenters. The van der Waals surface area contributed by atoms with Crippen molar-refractivity contribution in [3.8, 4) is 23.3 Å². The van der Waals surface area contributed by atoms with Gasteiger partial charge in [-0.25, -0.2) is 9.79 Å². The highest BCUT2D eigenvalue weighted by molar-refractivity contribution is 7.07. The van der Waals surface area contributed by atoms with Crippen LogP contribution in [0.5, 0.6) is 17.2 Å². The fourth-order valence-corrected chi connectivity index (χ4v) is 5.94. The van der Waals surface area contributed by atoms with E-state index in [2.05, 4.69) is 11.1 Å². The first-order chi connectivity index (χ1) is 21.4. The Morgan fingerprint density at radius 3 is 2.55 bits per heavy atom. The van der Waals surface area contributed by atoms with Gasteiger partial charge in [0, 0.05) is 22.3 Å². The zero-order valence-electron chi connectivity index (χ0n) is 24.2. The molecule has 224 valence electrons. The summed E-state index contributed by atoms with van der Waals surface area (Å²) in [6, 6.07) is 18.9. The number of fused-ring (bicyclic) bond motifs is 1. The van der Waals surface area contributed by atoms with Gasteiger partial charge in [0.05, 0.1) is 48.1 Å². The summed E-state index contributed by atoms with van der Waals surface area (Å²) in [5.41, 5.74) is 2.27. The first kappa shape index (κ1) is 30.6. The molecule has 11 heteroatoms. The Morgan fingerprint density at radius 1 is 1.05 bits per heavy atom.